The zero-order valence-corrected chi connectivity index (χ0v) is 17.7. The number of amides is 1. The SMILES string of the molecule is O=C(N[C@H](Nc1cccc2ccccc12)C(Cl)(Cl)Cl)c1cc([N+](=O)[O-])cc([N+](=O)[O-])c1. The molecule has 3 aromatic rings. The Morgan fingerprint density at radius 2 is 1.48 bits per heavy atom. The Bertz CT molecular complexity index is 1150. The molecule has 0 aliphatic heterocycles. The van der Waals surface area contributed by atoms with E-state index in [-0.39, 0.29) is 5.56 Å². The lowest BCUT2D eigenvalue weighted by atomic mass is 10.1. The van der Waals surface area contributed by atoms with Gasteiger partial charge in [-0.1, -0.05) is 71.2 Å². The third kappa shape index (κ3) is 5.32. The summed E-state index contributed by atoms with van der Waals surface area (Å²) in [6, 6.07) is 15.3. The molecule has 1 atom stereocenters. The molecule has 0 aliphatic rings. The standard InChI is InChI=1S/C19H13Cl3N4O5/c20-19(21,22)18(23-16-7-3-5-11-4-1-2-6-15(11)16)24-17(27)12-8-13(25(28)29)10-14(9-12)26(30)31/h1-10,18,23H,(H,24,27)/t18-/m0/s1. The second-order valence-corrected chi connectivity index (χ2v) is 8.74. The van der Waals surface area contributed by atoms with E-state index in [1.54, 1.807) is 12.1 Å². The molecule has 3 rings (SSSR count). The Morgan fingerprint density at radius 1 is 0.903 bits per heavy atom. The van der Waals surface area contributed by atoms with Gasteiger partial charge in [-0.15, -0.1) is 0 Å². The molecular weight excluding hydrogens is 471 g/mol. The minimum Gasteiger partial charge on any atom is -0.361 e. The van der Waals surface area contributed by atoms with Gasteiger partial charge in [-0.3, -0.25) is 25.0 Å². The summed E-state index contributed by atoms with van der Waals surface area (Å²) in [6.45, 7) is 0. The first-order valence-corrected chi connectivity index (χ1v) is 9.75. The number of non-ortho nitro benzene ring substituents is 2. The highest BCUT2D eigenvalue weighted by Gasteiger charge is 2.35. The van der Waals surface area contributed by atoms with E-state index in [9.17, 15) is 25.0 Å². The number of hydrogen-bond donors (Lipinski definition) is 2. The summed E-state index contributed by atoms with van der Waals surface area (Å²) in [4.78, 5) is 33.2. The maximum absolute atomic E-state index is 12.7. The van der Waals surface area contributed by atoms with Crippen LogP contribution in [0.5, 0.6) is 0 Å². The molecule has 0 fully saturated rings. The van der Waals surface area contributed by atoms with E-state index in [1.807, 2.05) is 30.3 Å². The number of halogens is 3. The van der Waals surface area contributed by atoms with Crippen molar-refractivity contribution in [1.82, 2.24) is 5.32 Å². The van der Waals surface area contributed by atoms with Gasteiger partial charge in [-0.25, -0.2) is 0 Å². The second-order valence-electron chi connectivity index (χ2n) is 6.37. The van der Waals surface area contributed by atoms with Crippen LogP contribution in [-0.4, -0.2) is 25.7 Å². The smallest absolute Gasteiger partial charge is 0.277 e. The summed E-state index contributed by atoms with van der Waals surface area (Å²) in [5.41, 5.74) is -1.02. The molecule has 0 radical (unpaired) electrons. The van der Waals surface area contributed by atoms with Crippen LogP contribution in [0.2, 0.25) is 0 Å². The van der Waals surface area contributed by atoms with Crippen LogP contribution in [0.1, 0.15) is 10.4 Å². The number of carbonyl (C=O) groups is 1. The van der Waals surface area contributed by atoms with Gasteiger partial charge in [0.05, 0.1) is 21.5 Å². The van der Waals surface area contributed by atoms with Gasteiger partial charge in [0.25, 0.3) is 17.3 Å². The topological polar surface area (TPSA) is 127 Å². The number of nitrogens with zero attached hydrogens (tertiary/aromatic N) is 2. The van der Waals surface area contributed by atoms with Crippen molar-refractivity contribution in [2.75, 3.05) is 5.32 Å². The lowest BCUT2D eigenvalue weighted by Gasteiger charge is -2.28. The summed E-state index contributed by atoms with van der Waals surface area (Å²) in [7, 11) is 0. The molecule has 12 heteroatoms. The molecule has 0 unspecified atom stereocenters. The van der Waals surface area contributed by atoms with Gasteiger partial charge in [0.2, 0.25) is 3.79 Å². The Labute approximate surface area is 190 Å². The Hall–Kier alpha value is -3.14. The van der Waals surface area contributed by atoms with E-state index in [2.05, 4.69) is 10.6 Å². The molecule has 0 aromatic heterocycles. The van der Waals surface area contributed by atoms with Crippen LogP contribution in [-0.2, 0) is 0 Å². The predicted octanol–water partition coefficient (Wildman–Crippen LogP) is 5.19. The largest absolute Gasteiger partial charge is 0.361 e. The first kappa shape index (κ1) is 22.5. The minimum absolute atomic E-state index is 0.333. The summed E-state index contributed by atoms with van der Waals surface area (Å²) in [5, 5.41) is 29.2. The Kier molecular flexibility index (Phi) is 6.49. The molecule has 0 heterocycles. The van der Waals surface area contributed by atoms with E-state index >= 15 is 0 Å². The van der Waals surface area contributed by atoms with Crippen molar-refractivity contribution in [2.45, 2.75) is 9.96 Å². The van der Waals surface area contributed by atoms with E-state index in [4.69, 9.17) is 34.8 Å². The van der Waals surface area contributed by atoms with Gasteiger partial charge < -0.3 is 10.6 Å². The summed E-state index contributed by atoms with van der Waals surface area (Å²) in [5.74, 6) is -0.907. The average molecular weight is 484 g/mol. The van der Waals surface area contributed by atoms with Crippen molar-refractivity contribution in [1.29, 1.82) is 0 Å². The van der Waals surface area contributed by atoms with Crippen LogP contribution in [0.4, 0.5) is 17.1 Å². The number of carbonyl (C=O) groups excluding carboxylic acids is 1. The van der Waals surface area contributed by atoms with E-state index < -0.39 is 37.1 Å². The molecule has 0 bridgehead atoms. The van der Waals surface area contributed by atoms with Crippen molar-refractivity contribution in [2.24, 2.45) is 0 Å². The normalized spacial score (nSPS) is 12.2. The van der Waals surface area contributed by atoms with Gasteiger partial charge >= 0.3 is 0 Å². The molecule has 31 heavy (non-hydrogen) atoms. The van der Waals surface area contributed by atoms with Crippen LogP contribution >= 0.6 is 34.8 Å². The van der Waals surface area contributed by atoms with Gasteiger partial charge in [0, 0.05) is 23.2 Å². The molecule has 0 spiro atoms. The number of benzene rings is 3. The highest BCUT2D eigenvalue weighted by molar-refractivity contribution is 6.68. The third-order valence-electron chi connectivity index (χ3n) is 4.28. The monoisotopic (exact) mass is 482 g/mol. The number of nitro groups is 2. The van der Waals surface area contributed by atoms with Gasteiger partial charge in [-0.05, 0) is 11.5 Å². The number of fused-ring (bicyclic) bond motifs is 1. The van der Waals surface area contributed by atoms with Crippen LogP contribution < -0.4 is 10.6 Å². The highest BCUT2D eigenvalue weighted by Crippen LogP contribution is 2.33. The van der Waals surface area contributed by atoms with Gasteiger partial charge in [0.15, 0.2) is 0 Å². The van der Waals surface area contributed by atoms with E-state index in [1.165, 1.54) is 0 Å². The lowest BCUT2D eigenvalue weighted by molar-refractivity contribution is -0.394. The van der Waals surface area contributed by atoms with Crippen molar-refractivity contribution in [3.63, 3.8) is 0 Å². The molecule has 1 amide bonds. The fourth-order valence-electron chi connectivity index (χ4n) is 2.86. The predicted molar refractivity (Wildman–Crippen MR) is 119 cm³/mol. The molecule has 9 nitrogen and oxygen atoms in total. The molecule has 2 N–H and O–H groups in total. The zero-order valence-electron chi connectivity index (χ0n) is 15.4. The van der Waals surface area contributed by atoms with E-state index in [0.29, 0.717) is 5.69 Å². The quantitative estimate of drug-likeness (QED) is 0.215. The molecule has 160 valence electrons. The van der Waals surface area contributed by atoms with Crippen molar-refractivity contribution < 1.29 is 14.6 Å². The van der Waals surface area contributed by atoms with Crippen LogP contribution in [0, 0.1) is 20.2 Å². The third-order valence-corrected chi connectivity index (χ3v) is 4.93. The number of alkyl halides is 3. The van der Waals surface area contributed by atoms with Crippen LogP contribution in [0.15, 0.2) is 60.7 Å². The van der Waals surface area contributed by atoms with Crippen molar-refractivity contribution in [3.05, 3.63) is 86.5 Å². The lowest BCUT2D eigenvalue weighted by Crippen LogP contribution is -2.49. The molecule has 0 saturated carbocycles. The molecule has 3 aromatic carbocycles. The minimum atomic E-state index is -2.03. The van der Waals surface area contributed by atoms with Crippen LogP contribution in [0.3, 0.4) is 0 Å². The van der Waals surface area contributed by atoms with Gasteiger partial charge in [-0.2, -0.15) is 0 Å². The van der Waals surface area contributed by atoms with Crippen molar-refractivity contribution in [3.8, 4) is 0 Å². The second kappa shape index (κ2) is 8.93. The molecule has 0 aliphatic carbocycles. The highest BCUT2D eigenvalue weighted by atomic mass is 35.6. The first-order chi connectivity index (χ1) is 14.6. The fourth-order valence-corrected chi connectivity index (χ4v) is 3.19. The number of nitrogens with one attached hydrogen (secondary N) is 2. The number of rotatable bonds is 6. The summed E-state index contributed by atoms with van der Waals surface area (Å²) >= 11 is 18.1. The first-order valence-electron chi connectivity index (χ1n) is 8.62. The Balaban J connectivity index is 1.94. The fraction of sp³-hybridized carbons (Fsp3) is 0.105. The zero-order chi connectivity index (χ0) is 22.8. The van der Waals surface area contributed by atoms with E-state index in [0.717, 1.165) is 29.0 Å². The average Bonchev–Trinajstić information content (AvgIpc) is 2.72. The van der Waals surface area contributed by atoms with Crippen molar-refractivity contribution >= 4 is 68.5 Å². The Morgan fingerprint density at radius 3 is 2.06 bits per heavy atom. The number of hydrogen-bond acceptors (Lipinski definition) is 6. The van der Waals surface area contributed by atoms with Crippen LogP contribution in [0.25, 0.3) is 10.8 Å². The molecule has 0 saturated heterocycles. The van der Waals surface area contributed by atoms with Gasteiger partial charge in [0.1, 0.15) is 6.17 Å². The number of nitro benzene ring substituents is 2. The molecular formula is C19H13Cl3N4O5. The maximum Gasteiger partial charge on any atom is 0.277 e. The number of anilines is 1. The maximum atomic E-state index is 12.7. The summed E-state index contributed by atoms with van der Waals surface area (Å²) in [6.07, 6.45) is -1.27. The summed E-state index contributed by atoms with van der Waals surface area (Å²) < 4.78 is -2.03.